The number of hydrogen-bond donors (Lipinski definition) is 1. The lowest BCUT2D eigenvalue weighted by Crippen LogP contribution is -2.60. The minimum atomic E-state index is -1.06. The number of anilines is 1. The van der Waals surface area contributed by atoms with Crippen LogP contribution in [0.5, 0.6) is 0 Å². The maximum atomic E-state index is 14.3. The molecule has 6 rings (SSSR count). The maximum absolute atomic E-state index is 14.3. The maximum Gasteiger partial charge on any atom is 0.331 e. The van der Waals surface area contributed by atoms with E-state index in [9.17, 15) is 23.6 Å². The van der Waals surface area contributed by atoms with Crippen LogP contribution < -0.4 is 16.6 Å². The molecule has 1 aromatic heterocycles. The standard InChI is InChI=1S/C37H39FN8O5/c1-23(2)46-32-14-13-28(17-30(32)34(48)45(37(46)50)20-25-9-10-25)40-35(49)43-15-16-44(33(21-43)24(3)47)36(51-22-26-7-5-4-6-8-26)42-41-29-12-11-27(19-39)31(38)18-29/h4-8,11-14,17-18,23,25,33,36H,9-10,15-16,20-22H2,1-3H3,(H,40,49). The van der Waals surface area contributed by atoms with Crippen molar-refractivity contribution in [3.8, 4) is 6.07 Å². The Balaban J connectivity index is 1.22. The van der Waals surface area contributed by atoms with Crippen molar-refractivity contribution in [1.29, 1.82) is 5.26 Å². The molecule has 1 saturated heterocycles. The summed E-state index contributed by atoms with van der Waals surface area (Å²) < 4.78 is 23.3. The van der Waals surface area contributed by atoms with Gasteiger partial charge in [-0.1, -0.05) is 30.3 Å². The molecule has 2 unspecified atom stereocenters. The first-order valence-electron chi connectivity index (χ1n) is 16.9. The third-order valence-electron chi connectivity index (χ3n) is 9.12. The van der Waals surface area contributed by atoms with E-state index in [2.05, 4.69) is 15.5 Å². The third-order valence-corrected chi connectivity index (χ3v) is 9.12. The zero-order chi connectivity index (χ0) is 36.2. The molecule has 2 aliphatic rings. The summed E-state index contributed by atoms with van der Waals surface area (Å²) in [6.07, 6.45) is 0.909. The first-order valence-corrected chi connectivity index (χ1v) is 16.9. The van der Waals surface area contributed by atoms with Crippen molar-refractivity contribution in [2.45, 2.75) is 65.2 Å². The number of hydrogen-bond acceptors (Lipinski definition) is 9. The predicted molar refractivity (Wildman–Crippen MR) is 188 cm³/mol. The van der Waals surface area contributed by atoms with Crippen LogP contribution >= 0.6 is 0 Å². The van der Waals surface area contributed by atoms with Crippen LogP contribution in [0.2, 0.25) is 0 Å². The monoisotopic (exact) mass is 694 g/mol. The summed E-state index contributed by atoms with van der Waals surface area (Å²) in [7, 11) is 0. The second-order valence-corrected chi connectivity index (χ2v) is 13.2. The van der Waals surface area contributed by atoms with Gasteiger partial charge in [-0.2, -0.15) is 10.4 Å². The van der Waals surface area contributed by atoms with Crippen molar-refractivity contribution in [2.75, 3.05) is 25.0 Å². The number of ketones is 1. The fraction of sp³-hybridized carbons (Fsp3) is 0.378. The molecule has 14 heteroatoms. The molecule has 51 heavy (non-hydrogen) atoms. The van der Waals surface area contributed by atoms with Crippen molar-refractivity contribution in [3.63, 3.8) is 0 Å². The van der Waals surface area contributed by atoms with E-state index >= 15 is 0 Å². The number of benzene rings is 3. The number of carbonyl (C=O) groups excluding carboxylic acids is 2. The second kappa shape index (κ2) is 15.2. The fourth-order valence-electron chi connectivity index (χ4n) is 6.20. The zero-order valence-electron chi connectivity index (χ0n) is 28.7. The van der Waals surface area contributed by atoms with E-state index in [1.54, 1.807) is 33.7 Å². The van der Waals surface area contributed by atoms with Crippen LogP contribution in [0.4, 0.5) is 20.6 Å². The van der Waals surface area contributed by atoms with Crippen LogP contribution in [0, 0.1) is 23.1 Å². The van der Waals surface area contributed by atoms with Gasteiger partial charge in [-0.25, -0.2) is 18.9 Å². The lowest BCUT2D eigenvalue weighted by atomic mass is 10.1. The topological polar surface area (TPSA) is 154 Å². The summed E-state index contributed by atoms with van der Waals surface area (Å²) in [5, 5.41) is 20.8. The number of amides is 2. The van der Waals surface area contributed by atoms with Crippen LogP contribution in [0.3, 0.4) is 0 Å². The second-order valence-electron chi connectivity index (χ2n) is 13.2. The van der Waals surface area contributed by atoms with Crippen molar-refractivity contribution in [1.82, 2.24) is 18.9 Å². The molecule has 0 radical (unpaired) electrons. The Labute approximate surface area is 293 Å². The molecule has 4 aromatic rings. The van der Waals surface area contributed by atoms with Gasteiger partial charge in [0.15, 0.2) is 0 Å². The Hall–Kier alpha value is -5.52. The Kier molecular flexibility index (Phi) is 10.5. The van der Waals surface area contributed by atoms with E-state index in [1.165, 1.54) is 28.5 Å². The van der Waals surface area contributed by atoms with Crippen molar-refractivity contribution < 1.29 is 18.7 Å². The molecule has 2 amide bonds. The number of nitrogens with one attached hydrogen (secondary N) is 1. The van der Waals surface area contributed by atoms with Gasteiger partial charge in [0.05, 0.1) is 34.8 Å². The number of urea groups is 1. The van der Waals surface area contributed by atoms with Crippen molar-refractivity contribution >= 4 is 34.1 Å². The van der Waals surface area contributed by atoms with Crippen LogP contribution in [-0.4, -0.2) is 62.8 Å². The summed E-state index contributed by atoms with van der Waals surface area (Å²) in [6, 6.07) is 18.5. The molecule has 2 atom stereocenters. The lowest BCUT2D eigenvalue weighted by Gasteiger charge is -2.41. The Morgan fingerprint density at radius 1 is 1.06 bits per heavy atom. The number of nitrogens with zero attached hydrogens (tertiary/aromatic N) is 7. The minimum absolute atomic E-state index is 0.0159. The van der Waals surface area contributed by atoms with Gasteiger partial charge in [0, 0.05) is 44.0 Å². The smallest absolute Gasteiger partial charge is 0.331 e. The van der Waals surface area contributed by atoms with Gasteiger partial charge in [-0.3, -0.25) is 18.7 Å². The number of fused-ring (bicyclic) bond motifs is 1. The van der Waals surface area contributed by atoms with Crippen molar-refractivity contribution in [3.05, 3.63) is 105 Å². The number of carbonyl (C=O) groups is 2. The van der Waals surface area contributed by atoms with Crippen LogP contribution in [-0.2, 0) is 22.7 Å². The quantitative estimate of drug-likeness (QED) is 0.202. The molecular formula is C37H39FN8O5. The molecule has 1 N–H and O–H groups in total. The van der Waals surface area contributed by atoms with E-state index < -0.39 is 24.2 Å². The summed E-state index contributed by atoms with van der Waals surface area (Å²) in [4.78, 5) is 56.6. The summed E-state index contributed by atoms with van der Waals surface area (Å²) in [5.74, 6) is -0.649. The summed E-state index contributed by atoms with van der Waals surface area (Å²) in [5.41, 5.74) is 1.05. The lowest BCUT2D eigenvalue weighted by molar-refractivity contribution is -0.138. The first kappa shape index (κ1) is 35.3. The zero-order valence-corrected chi connectivity index (χ0v) is 28.7. The normalized spacial score (nSPS) is 17.2. The first-order chi connectivity index (χ1) is 24.5. The molecule has 0 bridgehead atoms. The highest BCUT2D eigenvalue weighted by molar-refractivity contribution is 5.93. The molecule has 2 heterocycles. The van der Waals surface area contributed by atoms with Crippen LogP contribution in [0.25, 0.3) is 10.9 Å². The third kappa shape index (κ3) is 7.95. The molecule has 1 aliphatic carbocycles. The summed E-state index contributed by atoms with van der Waals surface area (Å²) in [6.45, 7) is 6.13. The fourth-order valence-corrected chi connectivity index (χ4v) is 6.20. The average molecular weight is 695 g/mol. The van der Waals surface area contributed by atoms with Gasteiger partial charge >= 0.3 is 11.7 Å². The van der Waals surface area contributed by atoms with Crippen LogP contribution in [0.1, 0.15) is 50.8 Å². The van der Waals surface area contributed by atoms with Gasteiger partial charge in [0.2, 0.25) is 6.35 Å². The number of azo groups is 1. The summed E-state index contributed by atoms with van der Waals surface area (Å²) >= 11 is 0. The SMILES string of the molecule is CC(=O)C1CN(C(=O)Nc2ccc3c(c2)c(=O)n(CC2CC2)c(=O)n3C(C)C)CCN1C(N=Nc1ccc(C#N)c(F)c1)OCc1ccccc1. The molecule has 3 aromatic carbocycles. The number of Topliss-reactive ketones (excluding diaryl/α,β-unsaturated/α-hetero) is 1. The number of halogens is 1. The Morgan fingerprint density at radius 2 is 1.82 bits per heavy atom. The average Bonchev–Trinajstić information content (AvgIpc) is 3.95. The van der Waals surface area contributed by atoms with Gasteiger partial charge in [-0.05, 0) is 75.4 Å². The number of rotatable bonds is 11. The highest BCUT2D eigenvalue weighted by Crippen LogP contribution is 2.30. The van der Waals surface area contributed by atoms with Gasteiger partial charge in [-0.15, -0.1) is 5.11 Å². The Morgan fingerprint density at radius 3 is 2.49 bits per heavy atom. The highest BCUT2D eigenvalue weighted by Gasteiger charge is 2.37. The molecule has 264 valence electrons. The van der Waals surface area contributed by atoms with Gasteiger partial charge < -0.3 is 15.0 Å². The van der Waals surface area contributed by atoms with Gasteiger partial charge in [0.25, 0.3) is 5.56 Å². The van der Waals surface area contributed by atoms with Crippen LogP contribution in [0.15, 0.2) is 86.5 Å². The molecule has 13 nitrogen and oxygen atoms in total. The van der Waals surface area contributed by atoms with E-state index in [0.29, 0.717) is 29.1 Å². The molecule has 0 spiro atoms. The Bertz CT molecular complexity index is 2140. The molecule has 1 saturated carbocycles. The van der Waals surface area contributed by atoms with E-state index in [-0.39, 0.29) is 60.6 Å². The van der Waals surface area contributed by atoms with Crippen molar-refractivity contribution in [2.24, 2.45) is 16.1 Å². The molecule has 1 aliphatic heterocycles. The molecular weight excluding hydrogens is 655 g/mol. The van der Waals surface area contributed by atoms with E-state index in [1.807, 2.05) is 44.2 Å². The van der Waals surface area contributed by atoms with E-state index in [0.717, 1.165) is 24.5 Å². The number of nitriles is 1. The van der Waals surface area contributed by atoms with E-state index in [4.69, 9.17) is 10.00 Å². The largest absolute Gasteiger partial charge is 0.337 e. The number of piperazine rings is 1. The highest BCUT2D eigenvalue weighted by atomic mass is 19.1. The number of ether oxygens (including phenoxy) is 1. The minimum Gasteiger partial charge on any atom is -0.337 e. The van der Waals surface area contributed by atoms with Gasteiger partial charge in [0.1, 0.15) is 17.7 Å². The number of aromatic nitrogens is 2. The predicted octanol–water partition coefficient (Wildman–Crippen LogP) is 5.56. The molecule has 2 fully saturated rings.